The summed E-state index contributed by atoms with van der Waals surface area (Å²) >= 11 is 0. The van der Waals surface area contributed by atoms with Crippen molar-refractivity contribution >= 4 is 31.7 Å². The number of nitrogens with zero attached hydrogens (tertiary/aromatic N) is 3. The van der Waals surface area contributed by atoms with Crippen LogP contribution >= 0.6 is 0 Å². The van der Waals surface area contributed by atoms with Crippen molar-refractivity contribution < 1.29 is 43.9 Å². The van der Waals surface area contributed by atoms with Gasteiger partial charge >= 0.3 is 6.18 Å². The van der Waals surface area contributed by atoms with E-state index in [1.54, 1.807) is 0 Å². The van der Waals surface area contributed by atoms with Crippen LogP contribution in [-0.2, 0) is 26.7 Å². The van der Waals surface area contributed by atoms with Gasteiger partial charge in [-0.1, -0.05) is 0 Å². The first-order chi connectivity index (χ1) is 11.8. The molecule has 2 rings (SSSR count). The van der Waals surface area contributed by atoms with Gasteiger partial charge in [0.15, 0.2) is 5.82 Å². The Morgan fingerprint density at radius 1 is 1.19 bits per heavy atom. The second-order valence-electron chi connectivity index (χ2n) is 4.89. The van der Waals surface area contributed by atoms with Gasteiger partial charge in [0.25, 0.3) is 20.2 Å². The third-order valence-electron chi connectivity index (χ3n) is 2.04. The van der Waals surface area contributed by atoms with Crippen molar-refractivity contribution in [1.29, 1.82) is 0 Å². The van der Waals surface area contributed by atoms with E-state index in [0.717, 1.165) is 4.52 Å². The lowest BCUT2D eigenvalue weighted by atomic mass is 10.3. The van der Waals surface area contributed by atoms with Gasteiger partial charge in [0.1, 0.15) is 6.42 Å². The van der Waals surface area contributed by atoms with Gasteiger partial charge in [-0.05, 0) is 6.07 Å². The van der Waals surface area contributed by atoms with Gasteiger partial charge in [-0.2, -0.15) is 35.1 Å². The molecule has 0 bridgehead atoms. The predicted octanol–water partition coefficient (Wildman–Crippen LogP) is -0.0590. The van der Waals surface area contributed by atoms with Gasteiger partial charge in [-0.15, -0.1) is 0 Å². The molecule has 11 nitrogen and oxygen atoms in total. The Labute approximate surface area is 151 Å². The van der Waals surface area contributed by atoms with Crippen molar-refractivity contribution in [2.75, 3.05) is 12.5 Å². The van der Waals surface area contributed by atoms with Gasteiger partial charge in [0.2, 0.25) is 5.91 Å². The van der Waals surface area contributed by atoms with Crippen molar-refractivity contribution in [2.24, 2.45) is 5.73 Å². The van der Waals surface area contributed by atoms with Crippen LogP contribution in [0.4, 0.5) is 13.2 Å². The van der Waals surface area contributed by atoms with E-state index in [0.29, 0.717) is 18.0 Å². The number of alkyl halides is 3. The Kier molecular flexibility index (Phi) is 8.29. The van der Waals surface area contributed by atoms with Crippen LogP contribution in [0, 0.1) is 0 Å². The van der Waals surface area contributed by atoms with Crippen LogP contribution in [0.1, 0.15) is 16.2 Å². The second kappa shape index (κ2) is 9.07. The number of rotatable bonds is 2. The molecular weight excluding hydrogens is 421 g/mol. The van der Waals surface area contributed by atoms with E-state index in [-0.39, 0.29) is 11.4 Å². The average molecular weight is 436 g/mol. The minimum absolute atomic E-state index is 0.170. The van der Waals surface area contributed by atoms with E-state index in [1.165, 1.54) is 18.5 Å². The first-order valence-corrected chi connectivity index (χ1v) is 10.1. The van der Waals surface area contributed by atoms with E-state index < -0.39 is 38.7 Å². The molecular formula is C11H15F3N4O7S2. The SMILES string of the molecule is CS(=O)(=O)O.CS(=O)(=O)O.NC(=O)c1cc2cnc(CC(F)(F)F)nn2c1. The molecule has 4 N–H and O–H groups in total. The molecule has 0 atom stereocenters. The molecule has 0 saturated heterocycles. The molecule has 0 fully saturated rings. The van der Waals surface area contributed by atoms with E-state index in [4.69, 9.17) is 14.8 Å². The molecule has 0 aliphatic heterocycles. The number of carbonyl (C=O) groups is 1. The Hall–Kier alpha value is -2.30. The molecule has 1 amide bonds. The maximum absolute atomic E-state index is 12.1. The zero-order chi connectivity index (χ0) is 21.6. The highest BCUT2D eigenvalue weighted by atomic mass is 32.2. The van der Waals surface area contributed by atoms with Gasteiger partial charge in [0.05, 0.1) is 29.8 Å². The van der Waals surface area contributed by atoms with E-state index in [9.17, 15) is 34.8 Å². The Bertz CT molecular complexity index is 955. The highest BCUT2D eigenvalue weighted by Gasteiger charge is 2.29. The fourth-order valence-corrected chi connectivity index (χ4v) is 1.34. The zero-order valence-corrected chi connectivity index (χ0v) is 15.4. The largest absolute Gasteiger partial charge is 0.396 e. The maximum atomic E-state index is 12.1. The Balaban J connectivity index is 0.000000563. The number of fused-ring (bicyclic) bond motifs is 1. The molecule has 0 aliphatic carbocycles. The summed E-state index contributed by atoms with van der Waals surface area (Å²) in [6.45, 7) is 0. The van der Waals surface area contributed by atoms with Crippen LogP contribution < -0.4 is 5.73 Å². The molecule has 2 heterocycles. The van der Waals surface area contributed by atoms with Crippen LogP contribution in [0.2, 0.25) is 0 Å². The van der Waals surface area contributed by atoms with Crippen LogP contribution in [0.25, 0.3) is 5.52 Å². The number of hydrogen-bond donors (Lipinski definition) is 3. The summed E-state index contributed by atoms with van der Waals surface area (Å²) in [7, 11) is -7.33. The predicted molar refractivity (Wildman–Crippen MR) is 86.2 cm³/mol. The molecule has 0 radical (unpaired) electrons. The molecule has 0 unspecified atom stereocenters. The standard InChI is InChI=1S/C9H7F3N4O.2CH4O3S/c10-9(11,12)2-7-14-3-6-1-5(8(13)17)4-16(6)15-7;2*1-5(2,3)4/h1,3-4H,2H2,(H2,13,17);2*1H3,(H,2,3,4). The number of primary amides is 1. The summed E-state index contributed by atoms with van der Waals surface area (Å²) in [6, 6.07) is 1.40. The third kappa shape index (κ3) is 14.5. The quantitative estimate of drug-likeness (QED) is 0.543. The molecule has 0 spiro atoms. The molecule has 27 heavy (non-hydrogen) atoms. The van der Waals surface area contributed by atoms with Crippen LogP contribution in [0.3, 0.4) is 0 Å². The highest BCUT2D eigenvalue weighted by molar-refractivity contribution is 7.85. The van der Waals surface area contributed by atoms with Crippen molar-refractivity contribution in [2.45, 2.75) is 12.6 Å². The number of carbonyl (C=O) groups excluding carboxylic acids is 1. The number of amides is 1. The topological polar surface area (TPSA) is 182 Å². The summed E-state index contributed by atoms with van der Waals surface area (Å²) in [5, 5.41) is 3.64. The summed E-state index contributed by atoms with van der Waals surface area (Å²) in [5.41, 5.74) is 5.61. The number of halogens is 3. The molecule has 2 aromatic rings. The van der Waals surface area contributed by atoms with E-state index in [2.05, 4.69) is 10.1 Å². The minimum Gasteiger partial charge on any atom is -0.366 e. The Morgan fingerprint density at radius 3 is 2.00 bits per heavy atom. The van der Waals surface area contributed by atoms with Crippen LogP contribution in [0.5, 0.6) is 0 Å². The molecule has 0 aliphatic rings. The fourth-order valence-electron chi connectivity index (χ4n) is 1.34. The number of aromatic nitrogens is 3. The van der Waals surface area contributed by atoms with E-state index >= 15 is 0 Å². The van der Waals surface area contributed by atoms with Gasteiger partial charge < -0.3 is 5.73 Å². The minimum atomic E-state index is -4.37. The van der Waals surface area contributed by atoms with Gasteiger partial charge in [-0.25, -0.2) is 9.50 Å². The number of nitrogens with two attached hydrogens (primary N) is 1. The third-order valence-corrected chi connectivity index (χ3v) is 2.04. The van der Waals surface area contributed by atoms with Gasteiger partial charge in [0, 0.05) is 6.20 Å². The molecule has 154 valence electrons. The number of hydrogen-bond acceptors (Lipinski definition) is 7. The van der Waals surface area contributed by atoms with Crippen molar-refractivity contribution in [3.05, 3.63) is 29.8 Å². The second-order valence-corrected chi connectivity index (χ2v) is 7.83. The average Bonchev–Trinajstić information content (AvgIpc) is 2.75. The first kappa shape index (κ1) is 24.7. The first-order valence-electron chi connectivity index (χ1n) is 6.41. The van der Waals surface area contributed by atoms with Crippen molar-refractivity contribution in [3.63, 3.8) is 0 Å². The highest BCUT2D eigenvalue weighted by Crippen LogP contribution is 2.19. The van der Waals surface area contributed by atoms with Crippen molar-refractivity contribution in [3.8, 4) is 0 Å². The maximum Gasteiger partial charge on any atom is 0.396 e. The Morgan fingerprint density at radius 2 is 1.63 bits per heavy atom. The fraction of sp³-hybridized carbons (Fsp3) is 0.364. The summed E-state index contributed by atoms with van der Waals surface area (Å²) in [5.74, 6) is -1.04. The van der Waals surface area contributed by atoms with Gasteiger partial charge in [-0.3, -0.25) is 13.9 Å². The monoisotopic (exact) mass is 436 g/mol. The normalized spacial score (nSPS) is 11.8. The molecule has 2 aromatic heterocycles. The smallest absolute Gasteiger partial charge is 0.366 e. The summed E-state index contributed by atoms with van der Waals surface area (Å²) < 4.78 is 89.2. The lowest BCUT2D eigenvalue weighted by molar-refractivity contribution is -0.128. The van der Waals surface area contributed by atoms with Crippen molar-refractivity contribution in [1.82, 2.24) is 14.6 Å². The summed E-state index contributed by atoms with van der Waals surface area (Å²) in [4.78, 5) is 14.4. The molecule has 0 aromatic carbocycles. The summed E-state index contributed by atoms with van der Waals surface area (Å²) in [6.07, 6.45) is -1.68. The molecule has 16 heteroatoms. The van der Waals surface area contributed by atoms with Crippen LogP contribution in [-0.4, -0.2) is 65.1 Å². The lowest BCUT2D eigenvalue weighted by Gasteiger charge is -2.04. The van der Waals surface area contributed by atoms with E-state index in [1.807, 2.05) is 0 Å². The lowest BCUT2D eigenvalue weighted by Crippen LogP contribution is -2.15. The van der Waals surface area contributed by atoms with Crippen LogP contribution in [0.15, 0.2) is 18.5 Å². The molecule has 0 saturated carbocycles. The zero-order valence-electron chi connectivity index (χ0n) is 13.7.